The molecule has 0 saturated carbocycles. The van der Waals surface area contributed by atoms with Gasteiger partial charge in [-0.2, -0.15) is 0 Å². The number of hydrazine groups is 1. The van der Waals surface area contributed by atoms with E-state index < -0.39 is 0 Å². The summed E-state index contributed by atoms with van der Waals surface area (Å²) in [4.78, 5) is 0. The van der Waals surface area contributed by atoms with Crippen LogP contribution in [0.1, 0.15) is 30.5 Å². The molecule has 0 amide bonds. The van der Waals surface area contributed by atoms with Gasteiger partial charge in [0.2, 0.25) is 0 Å². The molecule has 2 aromatic rings. The van der Waals surface area contributed by atoms with Crippen molar-refractivity contribution in [3.63, 3.8) is 0 Å². The van der Waals surface area contributed by atoms with Crippen molar-refractivity contribution in [2.24, 2.45) is 5.84 Å². The van der Waals surface area contributed by atoms with E-state index in [4.69, 9.17) is 10.6 Å². The Hall–Kier alpha value is -0.880. The van der Waals surface area contributed by atoms with Crippen molar-refractivity contribution in [3.8, 4) is 5.75 Å². The summed E-state index contributed by atoms with van der Waals surface area (Å²) in [6.07, 6.45) is 0.969. The van der Waals surface area contributed by atoms with Gasteiger partial charge >= 0.3 is 0 Å². The maximum atomic E-state index is 5.83. The van der Waals surface area contributed by atoms with E-state index >= 15 is 0 Å². The lowest BCUT2D eigenvalue weighted by molar-refractivity contribution is 0.311. The number of hydrogen-bond donors (Lipinski definition) is 2. The summed E-state index contributed by atoms with van der Waals surface area (Å²) in [6.45, 7) is 2.78. The Balaban J connectivity index is 2.41. The molecule has 0 aromatic heterocycles. The van der Waals surface area contributed by atoms with Crippen LogP contribution in [0.15, 0.2) is 51.4 Å². The molecule has 1 atom stereocenters. The van der Waals surface area contributed by atoms with Gasteiger partial charge in [0.05, 0.1) is 12.6 Å². The zero-order valence-corrected chi connectivity index (χ0v) is 14.9. The number of para-hydroxylation sites is 1. The van der Waals surface area contributed by atoms with Gasteiger partial charge in [-0.3, -0.25) is 5.84 Å². The lowest BCUT2D eigenvalue weighted by Gasteiger charge is -2.21. The Bertz CT molecular complexity index is 605. The van der Waals surface area contributed by atoms with E-state index in [1.807, 2.05) is 42.5 Å². The van der Waals surface area contributed by atoms with Crippen LogP contribution in [0, 0.1) is 0 Å². The van der Waals surface area contributed by atoms with Crippen LogP contribution in [0.4, 0.5) is 0 Å². The van der Waals surface area contributed by atoms with E-state index in [1.54, 1.807) is 0 Å². The van der Waals surface area contributed by atoms with Crippen molar-refractivity contribution in [2.75, 3.05) is 6.61 Å². The highest BCUT2D eigenvalue weighted by Crippen LogP contribution is 2.34. The van der Waals surface area contributed by atoms with E-state index in [1.165, 1.54) is 0 Å². The number of nitrogens with two attached hydrogens (primary N) is 1. The molecule has 0 aliphatic carbocycles. The average Bonchev–Trinajstić information content (AvgIpc) is 2.49. The third-order valence-corrected chi connectivity index (χ3v) is 4.31. The predicted molar refractivity (Wildman–Crippen MR) is 93.2 cm³/mol. The van der Waals surface area contributed by atoms with Crippen LogP contribution in [-0.2, 0) is 0 Å². The standard InChI is InChI=1S/C16H18Br2N2O/c1-2-9-21-15-6-4-3-5-13(15)16(20-19)12-8-7-11(17)10-14(12)18/h3-8,10,16,20H,2,9,19H2,1H3. The molecule has 1 unspecified atom stereocenters. The van der Waals surface area contributed by atoms with E-state index in [0.717, 1.165) is 32.2 Å². The molecule has 3 nitrogen and oxygen atoms in total. The van der Waals surface area contributed by atoms with Gasteiger partial charge in [-0.1, -0.05) is 63.0 Å². The van der Waals surface area contributed by atoms with Crippen molar-refractivity contribution in [1.82, 2.24) is 5.43 Å². The predicted octanol–water partition coefficient (Wildman–Crippen LogP) is 4.55. The minimum absolute atomic E-state index is 0.138. The van der Waals surface area contributed by atoms with Crippen molar-refractivity contribution >= 4 is 31.9 Å². The molecule has 0 fully saturated rings. The fourth-order valence-electron chi connectivity index (χ4n) is 2.15. The fourth-order valence-corrected chi connectivity index (χ4v) is 3.42. The summed E-state index contributed by atoms with van der Waals surface area (Å²) in [5.41, 5.74) is 4.97. The highest BCUT2D eigenvalue weighted by atomic mass is 79.9. The van der Waals surface area contributed by atoms with E-state index in [2.05, 4.69) is 44.2 Å². The maximum absolute atomic E-state index is 5.83. The molecule has 0 aliphatic heterocycles. The topological polar surface area (TPSA) is 47.3 Å². The number of rotatable bonds is 6. The molecule has 0 saturated heterocycles. The van der Waals surface area contributed by atoms with Gasteiger partial charge < -0.3 is 4.74 Å². The second-order valence-electron chi connectivity index (χ2n) is 4.65. The lowest BCUT2D eigenvalue weighted by Crippen LogP contribution is -2.29. The number of nitrogens with one attached hydrogen (secondary N) is 1. The molecule has 2 rings (SSSR count). The average molecular weight is 414 g/mol. The zero-order chi connectivity index (χ0) is 15.2. The first-order valence-corrected chi connectivity index (χ1v) is 8.38. The summed E-state index contributed by atoms with van der Waals surface area (Å²) in [6, 6.07) is 13.9. The molecule has 112 valence electrons. The van der Waals surface area contributed by atoms with Crippen LogP contribution in [0.25, 0.3) is 0 Å². The Morgan fingerprint density at radius 2 is 1.90 bits per heavy atom. The molecule has 0 spiro atoms. The first kappa shape index (κ1) is 16.5. The third kappa shape index (κ3) is 4.07. The molecule has 0 bridgehead atoms. The van der Waals surface area contributed by atoms with E-state index in [-0.39, 0.29) is 6.04 Å². The van der Waals surface area contributed by atoms with Gasteiger partial charge in [-0.25, -0.2) is 5.43 Å². The van der Waals surface area contributed by atoms with Crippen molar-refractivity contribution in [3.05, 3.63) is 62.5 Å². The molecule has 2 aromatic carbocycles. The highest BCUT2D eigenvalue weighted by Gasteiger charge is 2.19. The first-order chi connectivity index (χ1) is 10.2. The van der Waals surface area contributed by atoms with Gasteiger partial charge in [0.25, 0.3) is 0 Å². The summed E-state index contributed by atoms with van der Waals surface area (Å²) in [5.74, 6) is 6.66. The number of benzene rings is 2. The Morgan fingerprint density at radius 3 is 2.57 bits per heavy atom. The van der Waals surface area contributed by atoms with Gasteiger partial charge in [0.1, 0.15) is 5.75 Å². The molecule has 3 N–H and O–H groups in total. The highest BCUT2D eigenvalue weighted by molar-refractivity contribution is 9.11. The normalized spacial score (nSPS) is 12.2. The lowest BCUT2D eigenvalue weighted by atomic mass is 9.98. The molecule has 0 aliphatic rings. The van der Waals surface area contributed by atoms with E-state index in [0.29, 0.717) is 6.61 Å². The Morgan fingerprint density at radius 1 is 1.14 bits per heavy atom. The molecule has 5 heteroatoms. The van der Waals surface area contributed by atoms with Gasteiger partial charge in [-0.05, 0) is 30.2 Å². The molecule has 0 radical (unpaired) electrons. The first-order valence-electron chi connectivity index (χ1n) is 6.80. The van der Waals surface area contributed by atoms with Crippen LogP contribution in [0.2, 0.25) is 0 Å². The van der Waals surface area contributed by atoms with Crippen molar-refractivity contribution in [1.29, 1.82) is 0 Å². The monoisotopic (exact) mass is 412 g/mol. The second kappa shape index (κ2) is 7.94. The minimum atomic E-state index is -0.138. The fraction of sp³-hybridized carbons (Fsp3) is 0.250. The van der Waals surface area contributed by atoms with Crippen LogP contribution < -0.4 is 16.0 Å². The number of halogens is 2. The van der Waals surface area contributed by atoms with Gasteiger partial charge in [-0.15, -0.1) is 0 Å². The minimum Gasteiger partial charge on any atom is -0.493 e. The summed E-state index contributed by atoms with van der Waals surface area (Å²) >= 11 is 7.06. The smallest absolute Gasteiger partial charge is 0.124 e. The van der Waals surface area contributed by atoms with Gasteiger partial charge in [0, 0.05) is 14.5 Å². The molecular formula is C16H18Br2N2O. The SMILES string of the molecule is CCCOc1ccccc1C(NN)c1ccc(Br)cc1Br. The van der Waals surface area contributed by atoms with Crippen LogP contribution in [0.5, 0.6) is 5.75 Å². The quantitative estimate of drug-likeness (QED) is 0.539. The number of hydrogen-bond acceptors (Lipinski definition) is 3. The number of ether oxygens (including phenoxy) is 1. The summed E-state index contributed by atoms with van der Waals surface area (Å²) in [7, 11) is 0. The van der Waals surface area contributed by atoms with Crippen LogP contribution in [-0.4, -0.2) is 6.61 Å². The molecule has 0 heterocycles. The van der Waals surface area contributed by atoms with Crippen LogP contribution >= 0.6 is 31.9 Å². The van der Waals surface area contributed by atoms with E-state index in [9.17, 15) is 0 Å². The van der Waals surface area contributed by atoms with Gasteiger partial charge in [0.15, 0.2) is 0 Å². The third-order valence-electron chi connectivity index (χ3n) is 3.13. The second-order valence-corrected chi connectivity index (χ2v) is 6.42. The van der Waals surface area contributed by atoms with Crippen LogP contribution in [0.3, 0.4) is 0 Å². The van der Waals surface area contributed by atoms with Crippen molar-refractivity contribution < 1.29 is 4.74 Å². The zero-order valence-electron chi connectivity index (χ0n) is 11.8. The largest absolute Gasteiger partial charge is 0.493 e. The summed E-state index contributed by atoms with van der Waals surface area (Å²) in [5, 5.41) is 0. The maximum Gasteiger partial charge on any atom is 0.124 e. The van der Waals surface area contributed by atoms with Crippen molar-refractivity contribution in [2.45, 2.75) is 19.4 Å². The molecule has 21 heavy (non-hydrogen) atoms. The Kier molecular flexibility index (Phi) is 6.23. The molecular weight excluding hydrogens is 396 g/mol. The summed E-state index contributed by atoms with van der Waals surface area (Å²) < 4.78 is 7.84. The Labute approximate surface area is 142 Å².